The largest absolute Gasteiger partial charge is 0.573 e. The molecule has 0 unspecified atom stereocenters. The van der Waals surface area contributed by atoms with E-state index < -0.39 is 86.7 Å². The van der Waals surface area contributed by atoms with Crippen molar-refractivity contribution >= 4 is 0 Å². The summed E-state index contributed by atoms with van der Waals surface area (Å²) in [6.07, 6.45) is -6.58. The molecule has 0 saturated heterocycles. The van der Waals surface area contributed by atoms with Gasteiger partial charge in [-0.05, 0) is 60.4 Å². The summed E-state index contributed by atoms with van der Waals surface area (Å²) in [5.41, 5.74) is -3.22. The fourth-order valence-corrected chi connectivity index (χ4v) is 4.04. The van der Waals surface area contributed by atoms with E-state index in [1.54, 1.807) is 6.08 Å². The molecule has 45 heavy (non-hydrogen) atoms. The molecule has 0 aromatic heterocycles. The number of allylic oxidation sites excluding steroid dienone is 1. The van der Waals surface area contributed by atoms with Gasteiger partial charge in [0.05, 0.1) is 16.7 Å². The molecule has 0 heterocycles. The van der Waals surface area contributed by atoms with E-state index in [2.05, 4.69) is 16.1 Å². The topological polar surface area (TPSA) is 18.5 Å². The molecule has 0 aliphatic carbocycles. The molecule has 0 fully saturated rings. The Hall–Kier alpha value is -4.99. The fourth-order valence-electron chi connectivity index (χ4n) is 4.04. The van der Waals surface area contributed by atoms with Crippen LogP contribution >= 0.6 is 0 Å². The molecular weight excluding hydrogens is 625 g/mol. The molecule has 0 aliphatic heterocycles. The lowest BCUT2D eigenvalue weighted by Crippen LogP contribution is -2.22. The second-order valence-corrected chi connectivity index (χ2v) is 9.29. The average molecular weight is 642 g/mol. The van der Waals surface area contributed by atoms with Gasteiger partial charge in [-0.15, -0.1) is 19.8 Å². The summed E-state index contributed by atoms with van der Waals surface area (Å²) >= 11 is 0. The number of alkyl halides is 5. The van der Waals surface area contributed by atoms with Crippen molar-refractivity contribution in [3.05, 3.63) is 130 Å². The molecule has 13 heteroatoms. The maximum Gasteiger partial charge on any atom is 0.573 e. The van der Waals surface area contributed by atoms with Gasteiger partial charge in [0.2, 0.25) is 5.75 Å². The molecule has 234 valence electrons. The number of ether oxygens (including phenoxy) is 2. The molecule has 0 saturated carbocycles. The zero-order valence-electron chi connectivity index (χ0n) is 22.4. The Morgan fingerprint density at radius 1 is 0.667 bits per heavy atom. The van der Waals surface area contributed by atoms with Gasteiger partial charge in [-0.3, -0.25) is 0 Å². The van der Waals surface area contributed by atoms with E-state index in [9.17, 15) is 48.3 Å². The molecule has 0 radical (unpaired) electrons. The summed E-state index contributed by atoms with van der Waals surface area (Å²) in [7, 11) is 0. The summed E-state index contributed by atoms with van der Waals surface area (Å²) in [5, 5.41) is 0. The number of aryl methyl sites for hydroxylation is 1. The van der Waals surface area contributed by atoms with Gasteiger partial charge in [0.15, 0.2) is 11.6 Å². The first kappa shape index (κ1) is 32.9. The Morgan fingerprint density at radius 2 is 1.22 bits per heavy atom. The maximum absolute atomic E-state index is 14.9. The van der Waals surface area contributed by atoms with Gasteiger partial charge in [-0.2, -0.15) is 8.78 Å². The molecular formula is C32H17F11O2. The summed E-state index contributed by atoms with van der Waals surface area (Å²) < 4.78 is 161. The lowest BCUT2D eigenvalue weighted by molar-refractivity contribution is -0.276. The van der Waals surface area contributed by atoms with Crippen LogP contribution < -0.4 is 9.47 Å². The van der Waals surface area contributed by atoms with Crippen LogP contribution in [-0.4, -0.2) is 6.36 Å². The summed E-state index contributed by atoms with van der Waals surface area (Å²) in [6, 6.07) is 7.36. The number of rotatable bonds is 8. The summed E-state index contributed by atoms with van der Waals surface area (Å²) in [6.45, 7) is 3.57. The van der Waals surface area contributed by atoms with Gasteiger partial charge in [0.1, 0.15) is 29.0 Å². The van der Waals surface area contributed by atoms with Crippen LogP contribution in [0.25, 0.3) is 11.1 Å². The van der Waals surface area contributed by atoms with Gasteiger partial charge in [0, 0.05) is 17.7 Å². The number of halogens is 11. The van der Waals surface area contributed by atoms with Crippen molar-refractivity contribution in [3.8, 4) is 34.5 Å². The molecule has 0 bridgehead atoms. The van der Waals surface area contributed by atoms with E-state index in [0.717, 1.165) is 17.7 Å². The minimum Gasteiger partial charge on any atom is -0.429 e. The predicted molar refractivity (Wildman–Crippen MR) is 140 cm³/mol. The first-order valence-corrected chi connectivity index (χ1v) is 12.6. The monoisotopic (exact) mass is 642 g/mol. The lowest BCUT2D eigenvalue weighted by Gasteiger charge is -2.19. The standard InChI is InChI=1S/C32H17F11O2/c1-2-3-4-17-5-8-20(9-6-17)31(39,40)44-21-15-25(35)29(26(36)16-21)19-13-23(33)22(24(34)14-19)10-7-18-11-27(37)30(28(38)12-18)45-32(41,42)43/h2,5-6,8-9,11-16H,1,3-4H2. The Labute approximate surface area is 248 Å². The molecule has 4 aromatic carbocycles. The van der Waals surface area contributed by atoms with Crippen LogP contribution in [0.15, 0.2) is 73.3 Å². The van der Waals surface area contributed by atoms with E-state index in [1.165, 1.54) is 12.1 Å². The van der Waals surface area contributed by atoms with Crippen molar-refractivity contribution in [2.24, 2.45) is 0 Å². The SMILES string of the molecule is C=CCCc1ccc(C(F)(F)Oc2cc(F)c(-c3cc(F)c(C#Cc4cc(F)c(OC(F)(F)F)c(F)c4)c(F)c3)c(F)c2)cc1. The zero-order valence-corrected chi connectivity index (χ0v) is 22.4. The molecule has 4 aromatic rings. The van der Waals surface area contributed by atoms with Crippen LogP contribution in [0.5, 0.6) is 11.5 Å². The third-order valence-corrected chi connectivity index (χ3v) is 6.07. The van der Waals surface area contributed by atoms with Crippen LogP contribution in [-0.2, 0) is 12.5 Å². The fraction of sp³-hybridized carbons (Fsp3) is 0.125. The van der Waals surface area contributed by atoms with Crippen LogP contribution in [0.1, 0.15) is 28.7 Å². The normalized spacial score (nSPS) is 11.5. The lowest BCUT2D eigenvalue weighted by atomic mass is 10.0. The molecule has 2 nitrogen and oxygen atoms in total. The van der Waals surface area contributed by atoms with Crippen molar-refractivity contribution in [1.29, 1.82) is 0 Å². The zero-order chi connectivity index (χ0) is 33.1. The van der Waals surface area contributed by atoms with E-state index in [0.29, 0.717) is 49.2 Å². The van der Waals surface area contributed by atoms with Crippen LogP contribution in [0.3, 0.4) is 0 Å². The Balaban J connectivity index is 1.58. The van der Waals surface area contributed by atoms with E-state index in [1.807, 2.05) is 11.8 Å². The highest BCUT2D eigenvalue weighted by Gasteiger charge is 2.36. The third-order valence-electron chi connectivity index (χ3n) is 6.07. The van der Waals surface area contributed by atoms with Gasteiger partial charge >= 0.3 is 12.5 Å². The molecule has 0 amide bonds. The van der Waals surface area contributed by atoms with Crippen molar-refractivity contribution in [2.75, 3.05) is 0 Å². The highest BCUT2D eigenvalue weighted by atomic mass is 19.4. The summed E-state index contributed by atoms with van der Waals surface area (Å²) in [4.78, 5) is 0. The van der Waals surface area contributed by atoms with Crippen molar-refractivity contribution in [2.45, 2.75) is 25.3 Å². The van der Waals surface area contributed by atoms with Gasteiger partial charge in [-0.1, -0.05) is 30.0 Å². The van der Waals surface area contributed by atoms with E-state index >= 15 is 0 Å². The maximum atomic E-state index is 14.9. The Kier molecular flexibility index (Phi) is 9.46. The van der Waals surface area contributed by atoms with Gasteiger partial charge in [0.25, 0.3) is 0 Å². The van der Waals surface area contributed by atoms with Crippen molar-refractivity contribution < 1.29 is 57.8 Å². The minimum absolute atomic E-state index is 0.318. The molecule has 0 spiro atoms. The number of benzene rings is 4. The molecule has 0 N–H and O–H groups in total. The van der Waals surface area contributed by atoms with Crippen molar-refractivity contribution in [1.82, 2.24) is 0 Å². The predicted octanol–water partition coefficient (Wildman–Crippen LogP) is 9.73. The summed E-state index contributed by atoms with van der Waals surface area (Å²) in [5.74, 6) is -8.44. The quantitative estimate of drug-likeness (QED) is 0.108. The smallest absolute Gasteiger partial charge is 0.429 e. The molecule has 4 rings (SSSR count). The Morgan fingerprint density at radius 3 is 1.73 bits per heavy atom. The highest BCUT2D eigenvalue weighted by Crippen LogP contribution is 2.36. The van der Waals surface area contributed by atoms with E-state index in [4.69, 9.17) is 0 Å². The second kappa shape index (κ2) is 12.9. The van der Waals surface area contributed by atoms with Gasteiger partial charge < -0.3 is 9.47 Å². The van der Waals surface area contributed by atoms with Crippen molar-refractivity contribution in [3.63, 3.8) is 0 Å². The molecule has 0 aliphatic rings. The van der Waals surface area contributed by atoms with Gasteiger partial charge in [-0.25, -0.2) is 26.3 Å². The van der Waals surface area contributed by atoms with Crippen LogP contribution in [0, 0.1) is 46.7 Å². The van der Waals surface area contributed by atoms with E-state index in [-0.39, 0.29) is 0 Å². The number of hydrogen-bond donors (Lipinski definition) is 0. The minimum atomic E-state index is -5.40. The second-order valence-electron chi connectivity index (χ2n) is 9.29. The third kappa shape index (κ3) is 7.94. The first-order valence-electron chi connectivity index (χ1n) is 12.6. The Bertz CT molecular complexity index is 1730. The number of hydrogen-bond acceptors (Lipinski definition) is 2. The van der Waals surface area contributed by atoms with Crippen LogP contribution in [0.4, 0.5) is 48.3 Å². The first-order chi connectivity index (χ1) is 21.1. The molecule has 0 atom stereocenters. The average Bonchev–Trinajstić information content (AvgIpc) is 2.92. The highest BCUT2D eigenvalue weighted by molar-refractivity contribution is 5.67. The van der Waals surface area contributed by atoms with Crippen LogP contribution in [0.2, 0.25) is 0 Å².